The fraction of sp³-hybridized carbons (Fsp3) is 0.0714. The predicted molar refractivity (Wildman–Crippen MR) is 69.3 cm³/mol. The van der Waals surface area contributed by atoms with Gasteiger partial charge in [-0.1, -0.05) is 31.7 Å². The van der Waals surface area contributed by atoms with Crippen molar-refractivity contribution in [2.45, 2.75) is 7.43 Å². The van der Waals surface area contributed by atoms with Crippen LogP contribution in [0.1, 0.15) is 7.43 Å². The Morgan fingerprint density at radius 2 is 1.50 bits per heavy atom. The number of hydrogen-bond donors (Lipinski definition) is 1. The van der Waals surface area contributed by atoms with Gasteiger partial charge >= 0.3 is 0 Å². The van der Waals surface area contributed by atoms with Gasteiger partial charge in [0.05, 0.1) is 5.52 Å². The lowest BCUT2D eigenvalue weighted by Gasteiger charge is -1.91. The third kappa shape index (κ3) is 3.24. The van der Waals surface area contributed by atoms with E-state index in [1.807, 2.05) is 55.0 Å². The van der Waals surface area contributed by atoms with E-state index in [1.165, 1.54) is 5.39 Å². The van der Waals surface area contributed by atoms with Crippen molar-refractivity contribution in [1.29, 1.82) is 0 Å². The molecule has 0 unspecified atom stereocenters. The quantitative estimate of drug-likeness (QED) is 0.601. The summed E-state index contributed by atoms with van der Waals surface area (Å²) in [4.78, 5) is 7.04. The maximum Gasteiger partial charge on any atom is 0.0701 e. The molecule has 0 radical (unpaired) electrons. The maximum absolute atomic E-state index is 4.18. The zero-order chi connectivity index (χ0) is 10.3. The molecule has 82 valence electrons. The van der Waals surface area contributed by atoms with Crippen LogP contribution in [-0.2, 0) is 0 Å². The van der Waals surface area contributed by atoms with Gasteiger partial charge in [-0.2, -0.15) is 0 Å². The average molecular weight is 212 g/mol. The third-order valence-electron chi connectivity index (χ3n) is 2.01. The van der Waals surface area contributed by atoms with Crippen LogP contribution in [0.15, 0.2) is 67.1 Å². The lowest BCUT2D eigenvalue weighted by atomic mass is 10.2. The monoisotopic (exact) mass is 212 g/mol. The van der Waals surface area contributed by atoms with Gasteiger partial charge in [-0.25, -0.2) is 0 Å². The van der Waals surface area contributed by atoms with E-state index >= 15 is 0 Å². The van der Waals surface area contributed by atoms with Crippen molar-refractivity contribution in [2.75, 3.05) is 0 Å². The molecular formula is C14H16N2. The molecule has 2 aromatic heterocycles. The van der Waals surface area contributed by atoms with Crippen LogP contribution >= 0.6 is 0 Å². The molecule has 2 nitrogen and oxygen atoms in total. The molecule has 16 heavy (non-hydrogen) atoms. The number of pyridine rings is 1. The molecule has 0 saturated carbocycles. The van der Waals surface area contributed by atoms with Crippen molar-refractivity contribution >= 4 is 10.9 Å². The Morgan fingerprint density at radius 1 is 0.812 bits per heavy atom. The first-order valence-corrected chi connectivity index (χ1v) is 4.84. The van der Waals surface area contributed by atoms with Crippen molar-refractivity contribution in [3.8, 4) is 0 Å². The van der Waals surface area contributed by atoms with E-state index in [4.69, 9.17) is 0 Å². The summed E-state index contributed by atoms with van der Waals surface area (Å²) in [5, 5.41) is 1.20. The second-order valence-corrected chi connectivity index (χ2v) is 3.08. The van der Waals surface area contributed by atoms with Gasteiger partial charge in [0, 0.05) is 24.0 Å². The fourth-order valence-electron chi connectivity index (χ4n) is 1.29. The molecule has 3 aromatic rings. The molecule has 0 saturated heterocycles. The van der Waals surface area contributed by atoms with Crippen LogP contribution in [0.2, 0.25) is 0 Å². The van der Waals surface area contributed by atoms with Crippen LogP contribution in [0.25, 0.3) is 10.9 Å². The summed E-state index contributed by atoms with van der Waals surface area (Å²) in [5.41, 5.74) is 1.06. The standard InChI is InChI=1S/C9H7N.C4H5N.CH4/c1-2-6-9-8(4-1)5-3-7-10-9;1-2-4-5-3-1;/h1-7H;1-5H;1H4. The Kier molecular flexibility index (Phi) is 4.80. The highest BCUT2D eigenvalue weighted by molar-refractivity contribution is 5.77. The van der Waals surface area contributed by atoms with Crippen molar-refractivity contribution < 1.29 is 0 Å². The topological polar surface area (TPSA) is 28.7 Å². The van der Waals surface area contributed by atoms with Gasteiger partial charge in [-0.3, -0.25) is 4.98 Å². The SMILES string of the molecule is C.c1cc[nH]c1.c1ccc2ncccc2c1. The van der Waals surface area contributed by atoms with Gasteiger partial charge in [-0.15, -0.1) is 0 Å². The summed E-state index contributed by atoms with van der Waals surface area (Å²) >= 11 is 0. The molecule has 0 aliphatic carbocycles. The lowest BCUT2D eigenvalue weighted by Crippen LogP contribution is -1.73. The highest BCUT2D eigenvalue weighted by atomic mass is 14.6. The molecule has 0 aliphatic heterocycles. The van der Waals surface area contributed by atoms with Gasteiger partial charge in [0.15, 0.2) is 0 Å². The minimum atomic E-state index is 0. The van der Waals surface area contributed by atoms with Crippen molar-refractivity contribution in [2.24, 2.45) is 0 Å². The van der Waals surface area contributed by atoms with Crippen LogP contribution in [0.3, 0.4) is 0 Å². The van der Waals surface area contributed by atoms with Crippen LogP contribution in [0.5, 0.6) is 0 Å². The van der Waals surface area contributed by atoms with E-state index in [9.17, 15) is 0 Å². The Morgan fingerprint density at radius 3 is 2.12 bits per heavy atom. The van der Waals surface area contributed by atoms with E-state index in [2.05, 4.69) is 22.1 Å². The molecular weight excluding hydrogens is 196 g/mol. The summed E-state index contributed by atoms with van der Waals surface area (Å²) in [6, 6.07) is 16.0. The zero-order valence-electron chi connectivity index (χ0n) is 8.30. The van der Waals surface area contributed by atoms with E-state index in [-0.39, 0.29) is 7.43 Å². The number of hydrogen-bond acceptors (Lipinski definition) is 1. The third-order valence-corrected chi connectivity index (χ3v) is 2.01. The normalized spacial score (nSPS) is 8.75. The predicted octanol–water partition coefficient (Wildman–Crippen LogP) is 3.89. The summed E-state index contributed by atoms with van der Waals surface area (Å²) in [5.74, 6) is 0. The van der Waals surface area contributed by atoms with Gasteiger partial charge in [0.2, 0.25) is 0 Å². The van der Waals surface area contributed by atoms with Gasteiger partial charge in [0.25, 0.3) is 0 Å². The minimum Gasteiger partial charge on any atom is -0.368 e. The number of nitrogens with zero attached hydrogens (tertiary/aromatic N) is 1. The summed E-state index contributed by atoms with van der Waals surface area (Å²) in [6.07, 6.45) is 5.56. The van der Waals surface area contributed by atoms with E-state index in [0.717, 1.165) is 5.52 Å². The molecule has 1 N–H and O–H groups in total. The van der Waals surface area contributed by atoms with Crippen LogP contribution < -0.4 is 0 Å². The number of H-pyrrole nitrogens is 1. The molecule has 1 aromatic carbocycles. The maximum atomic E-state index is 4.18. The van der Waals surface area contributed by atoms with Gasteiger partial charge < -0.3 is 4.98 Å². The smallest absolute Gasteiger partial charge is 0.0701 e. The molecule has 3 rings (SSSR count). The Labute approximate surface area is 96.0 Å². The first-order valence-electron chi connectivity index (χ1n) is 4.84. The second-order valence-electron chi connectivity index (χ2n) is 3.08. The van der Waals surface area contributed by atoms with E-state index in [1.54, 1.807) is 0 Å². The van der Waals surface area contributed by atoms with Crippen molar-refractivity contribution in [1.82, 2.24) is 9.97 Å². The van der Waals surface area contributed by atoms with Crippen molar-refractivity contribution in [3.63, 3.8) is 0 Å². The summed E-state index contributed by atoms with van der Waals surface area (Å²) in [6.45, 7) is 0. The molecule has 2 heteroatoms. The largest absolute Gasteiger partial charge is 0.368 e. The fourth-order valence-corrected chi connectivity index (χ4v) is 1.29. The highest BCUT2D eigenvalue weighted by Gasteiger charge is 1.86. The average Bonchev–Trinajstić information content (AvgIpc) is 2.88. The van der Waals surface area contributed by atoms with E-state index < -0.39 is 0 Å². The van der Waals surface area contributed by atoms with Crippen molar-refractivity contribution in [3.05, 3.63) is 67.1 Å². The number of fused-ring (bicyclic) bond motifs is 1. The molecule has 2 heterocycles. The number of para-hydroxylation sites is 1. The molecule has 0 bridgehead atoms. The van der Waals surface area contributed by atoms with Crippen LogP contribution in [0, 0.1) is 0 Å². The van der Waals surface area contributed by atoms with Crippen LogP contribution in [0.4, 0.5) is 0 Å². The van der Waals surface area contributed by atoms with Gasteiger partial charge in [-0.05, 0) is 24.3 Å². The number of aromatic amines is 1. The van der Waals surface area contributed by atoms with Crippen LogP contribution in [-0.4, -0.2) is 9.97 Å². The summed E-state index contributed by atoms with van der Waals surface area (Å²) < 4.78 is 0. The van der Waals surface area contributed by atoms with E-state index in [0.29, 0.717) is 0 Å². The van der Waals surface area contributed by atoms with Gasteiger partial charge in [0.1, 0.15) is 0 Å². The molecule has 0 aliphatic rings. The summed E-state index contributed by atoms with van der Waals surface area (Å²) in [7, 11) is 0. The lowest BCUT2D eigenvalue weighted by molar-refractivity contribution is 1.41. The molecule has 0 spiro atoms. The number of aromatic nitrogens is 2. The Bertz CT molecular complexity index is 418. The number of benzene rings is 1. The second kappa shape index (κ2) is 6.40. The zero-order valence-corrected chi connectivity index (χ0v) is 8.30. The number of rotatable bonds is 0. The number of nitrogens with one attached hydrogen (secondary N) is 1. The Hall–Kier alpha value is -2.09. The molecule has 0 fully saturated rings. The highest BCUT2D eigenvalue weighted by Crippen LogP contribution is 2.07. The molecule has 0 atom stereocenters. The Balaban J connectivity index is 0.000000183. The molecule has 0 amide bonds. The first-order chi connectivity index (χ1) is 7.47. The first kappa shape index (κ1) is 12.0. The minimum absolute atomic E-state index is 0.